The van der Waals surface area contributed by atoms with E-state index in [-0.39, 0.29) is 24.2 Å². The SMILES string of the molecule is CN1CCCC(C(=O)Nc2ccc3c(c2)nc(CN2CCC(c4cccc(OCc5ccc(Cl)cc5F)n4)CC2)n3C)C1. The van der Waals surface area contributed by atoms with Gasteiger partial charge in [-0.3, -0.25) is 9.69 Å². The maximum absolute atomic E-state index is 14.1. The number of aryl methyl sites for hydroxylation is 1. The van der Waals surface area contributed by atoms with Crippen molar-refractivity contribution in [2.75, 3.05) is 38.5 Å². The van der Waals surface area contributed by atoms with Gasteiger partial charge in [0.1, 0.15) is 18.2 Å². The first-order valence-electron chi connectivity index (χ1n) is 15.0. The van der Waals surface area contributed by atoms with Crippen LogP contribution in [0.1, 0.15) is 48.7 Å². The van der Waals surface area contributed by atoms with Crippen LogP contribution in [0.25, 0.3) is 11.0 Å². The van der Waals surface area contributed by atoms with Gasteiger partial charge in [0.25, 0.3) is 0 Å². The largest absolute Gasteiger partial charge is 0.473 e. The summed E-state index contributed by atoms with van der Waals surface area (Å²) in [5.41, 5.74) is 4.20. The highest BCUT2D eigenvalue weighted by atomic mass is 35.5. The van der Waals surface area contributed by atoms with Crippen LogP contribution in [0.3, 0.4) is 0 Å². The Kier molecular flexibility index (Phi) is 8.93. The number of fused-ring (bicyclic) bond motifs is 1. The lowest BCUT2D eigenvalue weighted by Gasteiger charge is -2.31. The molecule has 4 aromatic rings. The van der Waals surface area contributed by atoms with E-state index in [2.05, 4.69) is 33.8 Å². The Hall–Kier alpha value is -3.53. The minimum atomic E-state index is -0.383. The van der Waals surface area contributed by atoms with Crippen LogP contribution < -0.4 is 10.1 Å². The average Bonchev–Trinajstić information content (AvgIpc) is 3.31. The Bertz CT molecular complexity index is 1600. The first-order valence-corrected chi connectivity index (χ1v) is 15.4. The second-order valence-electron chi connectivity index (χ2n) is 11.9. The molecule has 0 spiro atoms. The first-order chi connectivity index (χ1) is 20.8. The quantitative estimate of drug-likeness (QED) is 0.266. The molecule has 0 radical (unpaired) electrons. The normalized spacial score (nSPS) is 18.7. The number of imidazole rings is 1. The molecule has 0 aliphatic carbocycles. The standard InChI is InChI=1S/C33H38ClFN6O2/c1-39-14-4-5-23(19-39)33(42)36-26-10-11-30-29(18-26)37-31(40(30)2)20-41-15-12-22(13-16-41)28-6-3-7-32(38-28)43-21-24-8-9-25(34)17-27(24)35/h3,6-11,17-18,22-23H,4-5,12-16,19-21H2,1-2H3,(H,36,42). The van der Waals surface area contributed by atoms with Crippen molar-refractivity contribution >= 4 is 34.2 Å². The summed E-state index contributed by atoms with van der Waals surface area (Å²) in [6.07, 6.45) is 3.96. The lowest BCUT2D eigenvalue weighted by atomic mass is 9.93. The summed E-state index contributed by atoms with van der Waals surface area (Å²) < 4.78 is 22.1. The molecular formula is C33H38ClFN6O2. The number of ether oxygens (including phenoxy) is 1. The van der Waals surface area contributed by atoms with Gasteiger partial charge in [-0.2, -0.15) is 0 Å². The fourth-order valence-electron chi connectivity index (χ4n) is 6.21. The molecule has 0 bridgehead atoms. The number of likely N-dealkylation sites (tertiary alicyclic amines) is 2. The van der Waals surface area contributed by atoms with Gasteiger partial charge in [0.05, 0.1) is 23.5 Å². The molecule has 1 amide bonds. The number of hydrogen-bond donors (Lipinski definition) is 1. The molecule has 8 nitrogen and oxygen atoms in total. The van der Waals surface area contributed by atoms with Crippen molar-refractivity contribution < 1.29 is 13.9 Å². The Morgan fingerprint density at radius 1 is 1.05 bits per heavy atom. The van der Waals surface area contributed by atoms with Crippen molar-refractivity contribution in [2.45, 2.75) is 44.8 Å². The van der Waals surface area contributed by atoms with Crippen LogP contribution in [0, 0.1) is 11.7 Å². The van der Waals surface area contributed by atoms with Crippen LogP contribution in [-0.2, 0) is 25.0 Å². The van der Waals surface area contributed by atoms with Crippen molar-refractivity contribution in [3.05, 3.63) is 82.5 Å². The highest BCUT2D eigenvalue weighted by Crippen LogP contribution is 2.30. The monoisotopic (exact) mass is 604 g/mol. The van der Waals surface area contributed by atoms with Crippen LogP contribution in [0.5, 0.6) is 5.88 Å². The maximum Gasteiger partial charge on any atom is 0.228 e. The summed E-state index contributed by atoms with van der Waals surface area (Å²) >= 11 is 5.85. The first kappa shape index (κ1) is 29.5. The predicted octanol–water partition coefficient (Wildman–Crippen LogP) is 6.00. The van der Waals surface area contributed by atoms with Crippen molar-refractivity contribution in [1.82, 2.24) is 24.3 Å². The van der Waals surface area contributed by atoms with Crippen LogP contribution in [0.15, 0.2) is 54.6 Å². The Labute approximate surface area is 256 Å². The third-order valence-corrected chi connectivity index (χ3v) is 8.98. The minimum absolute atomic E-state index is 0.0285. The van der Waals surface area contributed by atoms with E-state index in [1.54, 1.807) is 12.1 Å². The molecule has 226 valence electrons. The number of amides is 1. The topological polar surface area (TPSA) is 75.5 Å². The van der Waals surface area contributed by atoms with Gasteiger partial charge in [-0.15, -0.1) is 0 Å². The molecule has 1 unspecified atom stereocenters. The molecule has 2 aliphatic heterocycles. The molecule has 1 N–H and O–H groups in total. The fraction of sp³-hybridized carbons (Fsp3) is 0.424. The van der Waals surface area contributed by atoms with Gasteiger partial charge < -0.3 is 19.5 Å². The number of nitrogens with zero attached hydrogens (tertiary/aromatic N) is 5. The third kappa shape index (κ3) is 7.00. The third-order valence-electron chi connectivity index (χ3n) is 8.74. The lowest BCUT2D eigenvalue weighted by molar-refractivity contribution is -0.121. The molecule has 43 heavy (non-hydrogen) atoms. The predicted molar refractivity (Wildman–Crippen MR) is 167 cm³/mol. The summed E-state index contributed by atoms with van der Waals surface area (Å²) in [7, 11) is 4.13. The van der Waals surface area contributed by atoms with Gasteiger partial charge in [-0.05, 0) is 88.8 Å². The number of aromatic nitrogens is 3. The number of carbonyl (C=O) groups excluding carboxylic acids is 1. The number of hydrogen-bond acceptors (Lipinski definition) is 6. The minimum Gasteiger partial charge on any atom is -0.473 e. The van der Waals surface area contributed by atoms with Crippen LogP contribution in [-0.4, -0.2) is 63.5 Å². The van der Waals surface area contributed by atoms with Gasteiger partial charge in [0, 0.05) is 47.5 Å². The zero-order valence-corrected chi connectivity index (χ0v) is 25.5. The summed E-state index contributed by atoms with van der Waals surface area (Å²) in [6, 6.07) is 16.4. The maximum atomic E-state index is 14.1. The van der Waals surface area contributed by atoms with Crippen LogP contribution >= 0.6 is 11.6 Å². The Morgan fingerprint density at radius 2 is 1.88 bits per heavy atom. The summed E-state index contributed by atoms with van der Waals surface area (Å²) in [6.45, 7) is 4.60. The second kappa shape index (κ2) is 13.0. The second-order valence-corrected chi connectivity index (χ2v) is 12.3. The van der Waals surface area contributed by atoms with E-state index in [1.165, 1.54) is 6.07 Å². The van der Waals surface area contributed by atoms with E-state index in [4.69, 9.17) is 26.3 Å². The summed E-state index contributed by atoms with van der Waals surface area (Å²) in [5.74, 6) is 1.58. The van der Waals surface area contributed by atoms with E-state index in [0.717, 1.165) is 86.6 Å². The van der Waals surface area contributed by atoms with E-state index >= 15 is 0 Å². The van der Waals surface area contributed by atoms with Crippen molar-refractivity contribution in [1.29, 1.82) is 0 Å². The van der Waals surface area contributed by atoms with Crippen LogP contribution in [0.4, 0.5) is 10.1 Å². The number of pyridine rings is 1. The van der Waals surface area contributed by atoms with E-state index < -0.39 is 0 Å². The van der Waals surface area contributed by atoms with Gasteiger partial charge >= 0.3 is 0 Å². The highest BCUT2D eigenvalue weighted by molar-refractivity contribution is 6.30. The van der Waals surface area contributed by atoms with Crippen molar-refractivity contribution in [2.24, 2.45) is 13.0 Å². The molecule has 1 atom stereocenters. The molecule has 2 fully saturated rings. The highest BCUT2D eigenvalue weighted by Gasteiger charge is 2.25. The van der Waals surface area contributed by atoms with Gasteiger partial charge in [0.15, 0.2) is 0 Å². The zero-order valence-electron chi connectivity index (χ0n) is 24.7. The van der Waals surface area contributed by atoms with Crippen molar-refractivity contribution in [3.63, 3.8) is 0 Å². The summed E-state index contributed by atoms with van der Waals surface area (Å²) in [5, 5.41) is 3.48. The molecule has 2 aromatic heterocycles. The molecule has 4 heterocycles. The average molecular weight is 605 g/mol. The molecular weight excluding hydrogens is 567 g/mol. The van der Waals surface area contributed by atoms with Gasteiger partial charge in [-0.25, -0.2) is 14.4 Å². The van der Waals surface area contributed by atoms with Gasteiger partial charge in [0.2, 0.25) is 11.8 Å². The number of nitrogens with one attached hydrogen (secondary N) is 1. The van der Waals surface area contributed by atoms with Crippen molar-refractivity contribution in [3.8, 4) is 5.88 Å². The lowest BCUT2D eigenvalue weighted by Crippen LogP contribution is -2.38. The molecule has 2 aliphatic rings. The number of piperidine rings is 2. The van der Waals surface area contributed by atoms with Crippen LogP contribution in [0.2, 0.25) is 5.02 Å². The molecule has 10 heteroatoms. The number of anilines is 1. The number of carbonyl (C=O) groups is 1. The summed E-state index contributed by atoms with van der Waals surface area (Å²) in [4.78, 5) is 27.2. The fourth-order valence-corrected chi connectivity index (χ4v) is 6.37. The number of rotatable bonds is 8. The van der Waals surface area contributed by atoms with E-state index in [0.29, 0.717) is 22.4 Å². The van der Waals surface area contributed by atoms with E-state index in [1.807, 2.05) is 36.4 Å². The van der Waals surface area contributed by atoms with Gasteiger partial charge in [-0.1, -0.05) is 23.7 Å². The Balaban J connectivity index is 1.04. The molecule has 0 saturated carbocycles. The molecule has 2 saturated heterocycles. The number of halogens is 2. The zero-order chi connectivity index (χ0) is 29.9. The molecule has 6 rings (SSSR count). The molecule has 2 aromatic carbocycles. The number of benzene rings is 2. The Morgan fingerprint density at radius 3 is 2.67 bits per heavy atom. The smallest absolute Gasteiger partial charge is 0.228 e. The van der Waals surface area contributed by atoms with E-state index in [9.17, 15) is 9.18 Å².